The number of carbonyl (C=O) groups excluding carboxylic acids is 1. The number of methoxy groups -OCH3 is 1. The summed E-state index contributed by atoms with van der Waals surface area (Å²) < 4.78 is 10.7. The van der Waals surface area contributed by atoms with Gasteiger partial charge in [-0.25, -0.2) is 0 Å². The van der Waals surface area contributed by atoms with Gasteiger partial charge in [-0.3, -0.25) is 9.69 Å². The van der Waals surface area contributed by atoms with Crippen molar-refractivity contribution in [2.24, 2.45) is 0 Å². The maximum absolute atomic E-state index is 11.9. The summed E-state index contributed by atoms with van der Waals surface area (Å²) in [7, 11) is 1.61. The van der Waals surface area contributed by atoms with Gasteiger partial charge in [0, 0.05) is 6.08 Å². The number of hydrogen-bond donors (Lipinski definition) is 0. The van der Waals surface area contributed by atoms with Crippen LogP contribution in [0.2, 0.25) is 0 Å². The fraction of sp³-hybridized carbons (Fsp3) is 0.588. The van der Waals surface area contributed by atoms with Crippen LogP contribution in [0.4, 0.5) is 0 Å². The summed E-state index contributed by atoms with van der Waals surface area (Å²) >= 11 is 0. The minimum absolute atomic E-state index is 0.124. The Morgan fingerprint density at radius 3 is 2.57 bits per heavy atom. The van der Waals surface area contributed by atoms with Gasteiger partial charge in [0.2, 0.25) is 0 Å². The quantitative estimate of drug-likeness (QED) is 0.509. The summed E-state index contributed by atoms with van der Waals surface area (Å²) in [6, 6.07) is 0. The zero-order valence-corrected chi connectivity index (χ0v) is 13.4. The molecule has 1 fully saturated rings. The second kappa shape index (κ2) is 10.2. The fourth-order valence-electron chi connectivity index (χ4n) is 2.22. The van der Waals surface area contributed by atoms with E-state index in [4.69, 9.17) is 9.47 Å². The first kappa shape index (κ1) is 17.5. The van der Waals surface area contributed by atoms with Crippen molar-refractivity contribution in [2.75, 3.05) is 33.4 Å². The lowest BCUT2D eigenvalue weighted by Gasteiger charge is -2.25. The first-order chi connectivity index (χ1) is 10.2. The number of hydrogen-bond acceptors (Lipinski definition) is 4. The van der Waals surface area contributed by atoms with E-state index >= 15 is 0 Å². The molecule has 0 atom stereocenters. The van der Waals surface area contributed by atoms with Crippen molar-refractivity contribution < 1.29 is 14.3 Å². The highest BCUT2D eigenvalue weighted by molar-refractivity contribution is 5.81. The Bertz CT molecular complexity index is 404. The Balaban J connectivity index is 2.36. The van der Waals surface area contributed by atoms with E-state index in [-0.39, 0.29) is 12.4 Å². The van der Waals surface area contributed by atoms with Crippen molar-refractivity contribution in [1.82, 2.24) is 4.90 Å². The number of piperidine rings is 1. The van der Waals surface area contributed by atoms with Crippen LogP contribution in [0.25, 0.3) is 0 Å². The van der Waals surface area contributed by atoms with Gasteiger partial charge in [0.25, 0.3) is 0 Å². The molecule has 0 amide bonds. The molecule has 0 spiro atoms. The number of ether oxygens (including phenoxy) is 2. The number of ketones is 1. The van der Waals surface area contributed by atoms with E-state index in [9.17, 15) is 4.79 Å². The lowest BCUT2D eigenvalue weighted by molar-refractivity contribution is -0.123. The zero-order valence-electron chi connectivity index (χ0n) is 13.4. The third-order valence-corrected chi connectivity index (χ3v) is 3.34. The van der Waals surface area contributed by atoms with Crippen LogP contribution in [0, 0.1) is 0 Å². The first-order valence-electron chi connectivity index (χ1n) is 7.58. The molecule has 21 heavy (non-hydrogen) atoms. The molecule has 0 aromatic carbocycles. The van der Waals surface area contributed by atoms with Crippen molar-refractivity contribution in [2.45, 2.75) is 33.1 Å². The largest absolute Gasteiger partial charge is 0.497 e. The molecule has 0 aromatic rings. The van der Waals surface area contributed by atoms with Gasteiger partial charge in [-0.05, 0) is 45.9 Å². The lowest BCUT2D eigenvalue weighted by Crippen LogP contribution is -2.35. The Morgan fingerprint density at radius 2 is 1.95 bits per heavy atom. The second-order valence-corrected chi connectivity index (χ2v) is 5.22. The molecule has 1 saturated heterocycles. The number of likely N-dealkylation sites (tertiary alicyclic amines) is 1. The van der Waals surface area contributed by atoms with Crippen molar-refractivity contribution in [3.05, 3.63) is 35.8 Å². The van der Waals surface area contributed by atoms with Crippen LogP contribution in [-0.4, -0.2) is 44.0 Å². The molecule has 1 heterocycles. The molecule has 0 saturated carbocycles. The van der Waals surface area contributed by atoms with E-state index < -0.39 is 0 Å². The third kappa shape index (κ3) is 7.71. The predicted molar refractivity (Wildman–Crippen MR) is 84.9 cm³/mol. The van der Waals surface area contributed by atoms with Gasteiger partial charge < -0.3 is 9.47 Å². The summed E-state index contributed by atoms with van der Waals surface area (Å²) in [6.45, 7) is 6.45. The highest BCUT2D eigenvalue weighted by Gasteiger charge is 2.14. The Hall–Kier alpha value is -1.55. The van der Waals surface area contributed by atoms with Crippen molar-refractivity contribution in [1.29, 1.82) is 0 Å². The second-order valence-electron chi connectivity index (χ2n) is 5.22. The first-order valence-corrected chi connectivity index (χ1v) is 7.58. The van der Waals surface area contributed by atoms with Crippen molar-refractivity contribution in [3.8, 4) is 0 Å². The molecule has 0 bridgehead atoms. The van der Waals surface area contributed by atoms with E-state index in [1.165, 1.54) is 19.3 Å². The highest BCUT2D eigenvalue weighted by atomic mass is 16.5. The van der Waals surface area contributed by atoms with E-state index in [0.29, 0.717) is 18.1 Å². The number of allylic oxidation sites excluding steroid dienone is 5. The van der Waals surface area contributed by atoms with Crippen LogP contribution in [0.3, 0.4) is 0 Å². The Kier molecular flexibility index (Phi) is 8.51. The molecule has 4 nitrogen and oxygen atoms in total. The monoisotopic (exact) mass is 293 g/mol. The van der Waals surface area contributed by atoms with Crippen LogP contribution >= 0.6 is 0 Å². The van der Waals surface area contributed by atoms with Gasteiger partial charge in [-0.1, -0.05) is 18.6 Å². The lowest BCUT2D eigenvalue weighted by atomic mass is 10.1. The average molecular weight is 293 g/mol. The molecule has 1 aliphatic heterocycles. The van der Waals surface area contributed by atoms with Gasteiger partial charge in [0.05, 0.1) is 19.4 Å². The summed E-state index contributed by atoms with van der Waals surface area (Å²) in [6.07, 6.45) is 11.1. The SMILES string of the molecule is C\C=C/C=C(\C=C(/C)OCC(=O)CN1CCCCC1)OC. The third-order valence-electron chi connectivity index (χ3n) is 3.34. The number of carbonyl (C=O) groups is 1. The minimum atomic E-state index is 0.124. The van der Waals surface area contributed by atoms with Gasteiger partial charge in [0.1, 0.15) is 12.4 Å². The normalized spacial score (nSPS) is 18.0. The molecule has 0 unspecified atom stereocenters. The molecule has 118 valence electrons. The summed E-state index contributed by atoms with van der Waals surface area (Å²) in [5, 5.41) is 0. The average Bonchev–Trinajstić information content (AvgIpc) is 2.50. The standard InChI is InChI=1S/C17H27NO3/c1-4-5-9-17(20-3)12-15(2)21-14-16(19)13-18-10-7-6-8-11-18/h4-5,9,12H,6-8,10-11,13-14H2,1-3H3/b5-4-,15-12+,17-9+. The van der Waals surface area contributed by atoms with Crippen LogP contribution in [-0.2, 0) is 14.3 Å². The summed E-state index contributed by atoms with van der Waals surface area (Å²) in [5.74, 6) is 1.51. The molecule has 0 aromatic heterocycles. The maximum atomic E-state index is 11.9. The minimum Gasteiger partial charge on any atom is -0.497 e. The zero-order chi connectivity index (χ0) is 15.5. The summed E-state index contributed by atoms with van der Waals surface area (Å²) in [4.78, 5) is 14.1. The summed E-state index contributed by atoms with van der Waals surface area (Å²) in [5.41, 5.74) is 0. The van der Waals surface area contributed by atoms with E-state index in [0.717, 1.165) is 13.1 Å². The molecule has 0 aliphatic carbocycles. The van der Waals surface area contributed by atoms with E-state index in [2.05, 4.69) is 4.90 Å². The molecule has 4 heteroatoms. The Labute approximate surface area is 128 Å². The van der Waals surface area contributed by atoms with Gasteiger partial charge >= 0.3 is 0 Å². The van der Waals surface area contributed by atoms with E-state index in [1.807, 2.05) is 32.1 Å². The molecule has 0 radical (unpaired) electrons. The smallest absolute Gasteiger partial charge is 0.184 e. The highest BCUT2D eigenvalue weighted by Crippen LogP contribution is 2.09. The number of rotatable bonds is 8. The number of Topliss-reactive ketones (excluding diaryl/α,β-unsaturated/α-hetero) is 1. The van der Waals surface area contributed by atoms with Crippen LogP contribution in [0.15, 0.2) is 35.8 Å². The Morgan fingerprint density at radius 1 is 1.24 bits per heavy atom. The van der Waals surface area contributed by atoms with Crippen LogP contribution in [0.1, 0.15) is 33.1 Å². The number of nitrogens with zero attached hydrogens (tertiary/aromatic N) is 1. The van der Waals surface area contributed by atoms with Crippen LogP contribution in [0.5, 0.6) is 0 Å². The van der Waals surface area contributed by atoms with Gasteiger partial charge in [-0.15, -0.1) is 0 Å². The molecular weight excluding hydrogens is 266 g/mol. The molecule has 1 aliphatic rings. The molecular formula is C17H27NO3. The van der Waals surface area contributed by atoms with Crippen molar-refractivity contribution in [3.63, 3.8) is 0 Å². The topological polar surface area (TPSA) is 38.8 Å². The molecule has 1 rings (SSSR count). The van der Waals surface area contributed by atoms with Crippen molar-refractivity contribution >= 4 is 5.78 Å². The fourth-order valence-corrected chi connectivity index (χ4v) is 2.22. The molecule has 0 N–H and O–H groups in total. The maximum Gasteiger partial charge on any atom is 0.184 e. The van der Waals surface area contributed by atoms with Gasteiger partial charge in [-0.2, -0.15) is 0 Å². The van der Waals surface area contributed by atoms with Gasteiger partial charge in [0.15, 0.2) is 5.78 Å². The van der Waals surface area contributed by atoms with Crippen LogP contribution < -0.4 is 0 Å². The van der Waals surface area contributed by atoms with E-state index in [1.54, 1.807) is 13.2 Å². The predicted octanol–water partition coefficient (Wildman–Crippen LogP) is 3.07.